The van der Waals surface area contributed by atoms with Crippen LogP contribution in [0.25, 0.3) is 11.1 Å². The average molecular weight is 373 g/mol. The van der Waals surface area contributed by atoms with E-state index < -0.39 is 5.97 Å². The van der Waals surface area contributed by atoms with E-state index in [4.69, 9.17) is 4.74 Å². The van der Waals surface area contributed by atoms with Crippen molar-refractivity contribution in [2.24, 2.45) is 0 Å². The molecule has 140 valence electrons. The molecule has 1 aliphatic heterocycles. The third kappa shape index (κ3) is 3.74. The molecule has 0 spiro atoms. The minimum Gasteiger partial charge on any atom is -0.478 e. The van der Waals surface area contributed by atoms with Crippen molar-refractivity contribution in [3.8, 4) is 11.1 Å². The molecule has 1 fully saturated rings. The van der Waals surface area contributed by atoms with Crippen LogP contribution in [0.4, 0.5) is 4.79 Å². The van der Waals surface area contributed by atoms with Gasteiger partial charge in [-0.2, -0.15) is 0 Å². The lowest BCUT2D eigenvalue weighted by Gasteiger charge is -2.14. The number of hydrogen-bond acceptors (Lipinski definition) is 3. The van der Waals surface area contributed by atoms with Crippen LogP contribution in [0.2, 0.25) is 0 Å². The van der Waals surface area contributed by atoms with E-state index in [1.165, 1.54) is 0 Å². The number of carbonyl (C=O) groups is 2. The molecular formula is C23H19NO4. The summed E-state index contributed by atoms with van der Waals surface area (Å²) in [6, 6.07) is 24.3. The number of ether oxygens (including phenoxy) is 1. The largest absolute Gasteiger partial charge is 0.478 e. The summed E-state index contributed by atoms with van der Waals surface area (Å²) in [5.74, 6) is -0.954. The minimum atomic E-state index is -0.954. The number of carbonyl (C=O) groups excluding carboxylic acids is 1. The number of amides is 1. The smallest absolute Gasteiger partial charge is 0.410 e. The highest BCUT2D eigenvalue weighted by molar-refractivity contribution is 5.89. The predicted octanol–water partition coefficient (Wildman–Crippen LogP) is 4.75. The maximum Gasteiger partial charge on any atom is 0.410 e. The molecule has 3 aromatic rings. The zero-order valence-electron chi connectivity index (χ0n) is 15.1. The van der Waals surface area contributed by atoms with E-state index in [9.17, 15) is 14.7 Å². The van der Waals surface area contributed by atoms with Crippen molar-refractivity contribution in [1.29, 1.82) is 0 Å². The number of cyclic esters (lactones) is 1. The molecule has 1 saturated heterocycles. The minimum absolute atomic E-state index is 0.247. The van der Waals surface area contributed by atoms with Crippen molar-refractivity contribution in [3.63, 3.8) is 0 Å². The van der Waals surface area contributed by atoms with Gasteiger partial charge in [-0.05, 0) is 40.5 Å². The molecule has 4 rings (SSSR count). The third-order valence-electron chi connectivity index (χ3n) is 4.80. The van der Waals surface area contributed by atoms with Crippen LogP contribution >= 0.6 is 0 Å². The molecular weight excluding hydrogens is 354 g/mol. The number of hydrogen-bond donors (Lipinski definition) is 1. The molecule has 3 aromatic carbocycles. The molecule has 5 nitrogen and oxygen atoms in total. The lowest BCUT2D eigenvalue weighted by molar-refractivity contribution is 0.0697. The van der Waals surface area contributed by atoms with Gasteiger partial charge in [0, 0.05) is 6.54 Å². The molecule has 0 bridgehead atoms. The number of carboxylic acid groups (broad SMARTS) is 1. The first-order valence-corrected chi connectivity index (χ1v) is 9.03. The Morgan fingerprint density at radius 1 is 0.964 bits per heavy atom. The second-order valence-corrected chi connectivity index (χ2v) is 6.75. The maximum absolute atomic E-state index is 12.3. The summed E-state index contributed by atoms with van der Waals surface area (Å²) in [7, 11) is 0. The fourth-order valence-electron chi connectivity index (χ4n) is 3.38. The van der Waals surface area contributed by atoms with E-state index in [0.29, 0.717) is 13.1 Å². The fraction of sp³-hybridized carbons (Fsp3) is 0.130. The van der Waals surface area contributed by atoms with Gasteiger partial charge in [0.05, 0.1) is 12.1 Å². The molecule has 1 atom stereocenters. The van der Waals surface area contributed by atoms with E-state index >= 15 is 0 Å². The summed E-state index contributed by atoms with van der Waals surface area (Å²) < 4.78 is 5.51. The summed E-state index contributed by atoms with van der Waals surface area (Å²) in [6.07, 6.45) is -0.587. The SMILES string of the molecule is O=C(O)c1cccc(-c2cccc(CN3CC(c4ccccc4)OC3=O)c2)c1. The highest BCUT2D eigenvalue weighted by Crippen LogP contribution is 2.28. The molecule has 1 unspecified atom stereocenters. The molecule has 28 heavy (non-hydrogen) atoms. The standard InChI is InChI=1S/C23H19NO4/c25-22(26)20-11-5-10-19(13-20)18-9-4-6-16(12-18)14-24-15-21(28-23(24)27)17-7-2-1-3-8-17/h1-13,21H,14-15H2,(H,25,26). The van der Waals surface area contributed by atoms with Crippen molar-refractivity contribution in [3.05, 3.63) is 95.6 Å². The van der Waals surface area contributed by atoms with Crippen LogP contribution in [0.15, 0.2) is 78.9 Å². The molecule has 1 amide bonds. The average Bonchev–Trinajstić information content (AvgIpc) is 3.09. The molecule has 1 aliphatic rings. The third-order valence-corrected chi connectivity index (χ3v) is 4.80. The van der Waals surface area contributed by atoms with Gasteiger partial charge >= 0.3 is 12.1 Å². The molecule has 5 heteroatoms. The van der Waals surface area contributed by atoms with Gasteiger partial charge in [0.15, 0.2) is 0 Å². The normalized spacial score (nSPS) is 16.1. The van der Waals surface area contributed by atoms with Crippen LogP contribution in [0.3, 0.4) is 0 Å². The Hall–Kier alpha value is -3.60. The first-order valence-electron chi connectivity index (χ1n) is 9.03. The number of nitrogens with zero attached hydrogens (tertiary/aromatic N) is 1. The zero-order valence-corrected chi connectivity index (χ0v) is 15.1. The van der Waals surface area contributed by atoms with Gasteiger partial charge in [0.2, 0.25) is 0 Å². The van der Waals surface area contributed by atoms with Gasteiger partial charge in [-0.3, -0.25) is 4.90 Å². The molecule has 0 saturated carbocycles. The van der Waals surface area contributed by atoms with Crippen LogP contribution in [0.5, 0.6) is 0 Å². The highest BCUT2D eigenvalue weighted by atomic mass is 16.6. The Morgan fingerprint density at radius 3 is 2.43 bits per heavy atom. The van der Waals surface area contributed by atoms with Gasteiger partial charge < -0.3 is 9.84 Å². The predicted molar refractivity (Wildman–Crippen MR) is 105 cm³/mol. The fourth-order valence-corrected chi connectivity index (χ4v) is 3.38. The molecule has 0 radical (unpaired) electrons. The summed E-state index contributed by atoms with van der Waals surface area (Å²) in [4.78, 5) is 25.2. The van der Waals surface area contributed by atoms with Crippen LogP contribution in [0, 0.1) is 0 Å². The van der Waals surface area contributed by atoms with E-state index in [-0.39, 0.29) is 17.8 Å². The van der Waals surface area contributed by atoms with E-state index in [1.54, 1.807) is 23.1 Å². The Labute approximate surface area is 162 Å². The van der Waals surface area contributed by atoms with Gasteiger partial charge in [-0.25, -0.2) is 9.59 Å². The van der Waals surface area contributed by atoms with Crippen molar-refractivity contribution >= 4 is 12.1 Å². The number of aromatic carboxylic acids is 1. The molecule has 0 aliphatic carbocycles. The Kier molecular flexibility index (Phi) is 4.81. The second kappa shape index (κ2) is 7.56. The lowest BCUT2D eigenvalue weighted by Crippen LogP contribution is -2.23. The molecule has 1 N–H and O–H groups in total. The Bertz CT molecular complexity index is 1020. The van der Waals surface area contributed by atoms with Crippen LogP contribution in [-0.4, -0.2) is 28.6 Å². The summed E-state index contributed by atoms with van der Waals surface area (Å²) >= 11 is 0. The first-order chi connectivity index (χ1) is 13.6. The van der Waals surface area contributed by atoms with Crippen molar-refractivity contribution in [1.82, 2.24) is 4.90 Å². The topological polar surface area (TPSA) is 66.8 Å². The van der Waals surface area contributed by atoms with E-state index in [1.807, 2.05) is 60.7 Å². The Morgan fingerprint density at radius 2 is 1.68 bits per heavy atom. The second-order valence-electron chi connectivity index (χ2n) is 6.75. The summed E-state index contributed by atoms with van der Waals surface area (Å²) in [5.41, 5.74) is 3.93. The number of rotatable bonds is 5. The van der Waals surface area contributed by atoms with Gasteiger partial charge in [-0.15, -0.1) is 0 Å². The number of benzene rings is 3. The van der Waals surface area contributed by atoms with Crippen molar-refractivity contribution < 1.29 is 19.4 Å². The Balaban J connectivity index is 1.52. The van der Waals surface area contributed by atoms with E-state index in [0.717, 1.165) is 22.3 Å². The first kappa shape index (κ1) is 17.8. The van der Waals surface area contributed by atoms with Crippen LogP contribution in [-0.2, 0) is 11.3 Å². The van der Waals surface area contributed by atoms with Crippen molar-refractivity contribution in [2.75, 3.05) is 6.54 Å². The van der Waals surface area contributed by atoms with Gasteiger partial charge in [-0.1, -0.05) is 60.7 Å². The van der Waals surface area contributed by atoms with Crippen LogP contribution in [0.1, 0.15) is 27.6 Å². The molecule has 1 heterocycles. The lowest BCUT2D eigenvalue weighted by atomic mass is 10.0. The quantitative estimate of drug-likeness (QED) is 0.701. The van der Waals surface area contributed by atoms with Gasteiger partial charge in [0.1, 0.15) is 6.10 Å². The summed E-state index contributed by atoms with van der Waals surface area (Å²) in [6.45, 7) is 0.941. The number of carboxylic acids is 1. The molecule has 0 aromatic heterocycles. The van der Waals surface area contributed by atoms with Gasteiger partial charge in [0.25, 0.3) is 0 Å². The maximum atomic E-state index is 12.3. The monoisotopic (exact) mass is 373 g/mol. The highest BCUT2D eigenvalue weighted by Gasteiger charge is 2.32. The zero-order chi connectivity index (χ0) is 19.5. The summed E-state index contributed by atoms with van der Waals surface area (Å²) in [5, 5.41) is 9.19. The van der Waals surface area contributed by atoms with Crippen molar-refractivity contribution in [2.45, 2.75) is 12.6 Å². The van der Waals surface area contributed by atoms with E-state index in [2.05, 4.69) is 0 Å². The van der Waals surface area contributed by atoms with Crippen LogP contribution < -0.4 is 0 Å².